The first-order chi connectivity index (χ1) is 13.5. The molecule has 1 fully saturated rings. The number of ether oxygens (including phenoxy) is 1. The fourth-order valence-electron chi connectivity index (χ4n) is 3.33. The van der Waals surface area contributed by atoms with Gasteiger partial charge in [0.2, 0.25) is 11.8 Å². The van der Waals surface area contributed by atoms with Crippen LogP contribution in [0, 0.1) is 0 Å². The number of aliphatic hydroxyl groups is 1. The highest BCUT2D eigenvalue weighted by molar-refractivity contribution is 6.30. The predicted molar refractivity (Wildman–Crippen MR) is 109 cm³/mol. The van der Waals surface area contributed by atoms with E-state index in [2.05, 4.69) is 0 Å². The minimum Gasteiger partial charge on any atom is -0.389 e. The second kappa shape index (κ2) is 11.8. The number of nitrogens with zero attached hydrogens (tertiary/aromatic N) is 1. The Kier molecular flexibility index (Phi) is 9.47. The van der Waals surface area contributed by atoms with Crippen molar-refractivity contribution in [1.29, 1.82) is 0 Å². The molecule has 1 aliphatic heterocycles. The van der Waals surface area contributed by atoms with Crippen LogP contribution < -0.4 is 5.73 Å². The third-order valence-electron chi connectivity index (χ3n) is 4.68. The van der Waals surface area contributed by atoms with Crippen LogP contribution in [-0.4, -0.2) is 53.7 Å². The highest BCUT2D eigenvalue weighted by atomic mass is 35.5. The molecule has 2 amide bonds. The third kappa shape index (κ3) is 8.00. The quantitative estimate of drug-likeness (QED) is 0.434. The van der Waals surface area contributed by atoms with E-state index in [0.29, 0.717) is 31.0 Å². The lowest BCUT2D eigenvalue weighted by molar-refractivity contribution is -0.135. The van der Waals surface area contributed by atoms with Crippen LogP contribution in [0.2, 0.25) is 5.02 Å². The number of unbranched alkanes of at least 4 members (excludes halogenated alkanes) is 1. The number of amides is 2. The minimum atomic E-state index is -0.625. The predicted octanol–water partition coefficient (Wildman–Crippen LogP) is 2.46. The van der Waals surface area contributed by atoms with Gasteiger partial charge < -0.3 is 20.5 Å². The minimum absolute atomic E-state index is 0.00167. The molecule has 1 unspecified atom stereocenters. The standard InChI is InChI=1S/C21H29ClN2O4/c22-17-6-3-5-16(13-17)14-19(25)10-9-18-7-4-8-21(27)24(18)11-1-2-12-28-15-20(23)26/h3,5-6,9-10,13,18-19,25H,1-2,4,7-8,11-12,14-15H2,(H2,23,26)/t18-,19?/m1/s1. The van der Waals surface area contributed by atoms with Crippen LogP contribution in [0.4, 0.5) is 0 Å². The molecule has 2 atom stereocenters. The van der Waals surface area contributed by atoms with Crippen molar-refractivity contribution in [2.45, 2.75) is 50.7 Å². The van der Waals surface area contributed by atoms with Crippen molar-refractivity contribution in [3.05, 3.63) is 47.0 Å². The van der Waals surface area contributed by atoms with Gasteiger partial charge in [-0.25, -0.2) is 0 Å². The third-order valence-corrected chi connectivity index (χ3v) is 4.92. The molecule has 0 spiro atoms. The van der Waals surface area contributed by atoms with Gasteiger partial charge in [-0.1, -0.05) is 35.9 Å². The molecule has 0 aliphatic carbocycles. The summed E-state index contributed by atoms with van der Waals surface area (Å²) in [6.45, 7) is 1.01. The highest BCUT2D eigenvalue weighted by Crippen LogP contribution is 2.20. The number of likely N-dealkylation sites (tertiary alicyclic amines) is 1. The van der Waals surface area contributed by atoms with Gasteiger partial charge in [0.05, 0.1) is 12.1 Å². The van der Waals surface area contributed by atoms with Gasteiger partial charge in [-0.3, -0.25) is 9.59 Å². The normalized spacial score (nSPS) is 18.6. The Labute approximate surface area is 171 Å². The number of rotatable bonds is 11. The lowest BCUT2D eigenvalue weighted by Crippen LogP contribution is -2.43. The molecule has 3 N–H and O–H groups in total. The fraction of sp³-hybridized carbons (Fsp3) is 0.524. The summed E-state index contributed by atoms with van der Waals surface area (Å²) in [4.78, 5) is 24.8. The van der Waals surface area contributed by atoms with Crippen molar-refractivity contribution in [2.24, 2.45) is 5.73 Å². The number of halogens is 1. The van der Waals surface area contributed by atoms with E-state index in [-0.39, 0.29) is 18.6 Å². The number of carbonyl (C=O) groups is 2. The maximum absolute atomic E-state index is 12.3. The molecule has 1 aliphatic rings. The zero-order valence-corrected chi connectivity index (χ0v) is 16.8. The number of benzene rings is 1. The molecular weight excluding hydrogens is 380 g/mol. The van der Waals surface area contributed by atoms with E-state index in [1.807, 2.05) is 29.2 Å². The Hall–Kier alpha value is -1.89. The van der Waals surface area contributed by atoms with Crippen molar-refractivity contribution < 1.29 is 19.4 Å². The summed E-state index contributed by atoms with van der Waals surface area (Å²) >= 11 is 5.98. The van der Waals surface area contributed by atoms with Crippen LogP contribution in [0.5, 0.6) is 0 Å². The molecule has 1 saturated heterocycles. The molecule has 6 nitrogen and oxygen atoms in total. The van der Waals surface area contributed by atoms with Crippen molar-refractivity contribution in [3.63, 3.8) is 0 Å². The van der Waals surface area contributed by atoms with Gasteiger partial charge in [0, 0.05) is 31.0 Å². The monoisotopic (exact) mass is 408 g/mol. The summed E-state index contributed by atoms with van der Waals surface area (Å²) in [5, 5.41) is 11.0. The number of hydrogen-bond donors (Lipinski definition) is 2. The smallest absolute Gasteiger partial charge is 0.243 e. The molecule has 0 radical (unpaired) electrons. The van der Waals surface area contributed by atoms with Gasteiger partial charge in [-0.2, -0.15) is 0 Å². The number of nitrogens with two attached hydrogens (primary N) is 1. The maximum Gasteiger partial charge on any atom is 0.243 e. The molecule has 0 bridgehead atoms. The van der Waals surface area contributed by atoms with Crippen LogP contribution >= 0.6 is 11.6 Å². The lowest BCUT2D eigenvalue weighted by atomic mass is 9.99. The maximum atomic E-state index is 12.3. The number of piperidine rings is 1. The Morgan fingerprint density at radius 2 is 2.25 bits per heavy atom. The van der Waals surface area contributed by atoms with E-state index in [0.717, 1.165) is 31.2 Å². The molecule has 154 valence electrons. The zero-order chi connectivity index (χ0) is 20.4. The average molecular weight is 409 g/mol. The molecular formula is C21H29ClN2O4. The summed E-state index contributed by atoms with van der Waals surface area (Å²) < 4.78 is 5.15. The highest BCUT2D eigenvalue weighted by Gasteiger charge is 2.25. The van der Waals surface area contributed by atoms with Gasteiger partial charge >= 0.3 is 0 Å². The summed E-state index contributed by atoms with van der Waals surface area (Å²) in [6.07, 6.45) is 7.43. The first-order valence-electron chi connectivity index (χ1n) is 9.72. The Balaban J connectivity index is 1.82. The van der Waals surface area contributed by atoms with Crippen LogP contribution in [-0.2, 0) is 20.7 Å². The second-order valence-corrected chi connectivity index (χ2v) is 7.50. The van der Waals surface area contributed by atoms with Gasteiger partial charge in [0.25, 0.3) is 0 Å². The van der Waals surface area contributed by atoms with Crippen molar-refractivity contribution in [2.75, 3.05) is 19.8 Å². The summed E-state index contributed by atoms with van der Waals surface area (Å²) in [6, 6.07) is 7.44. The van der Waals surface area contributed by atoms with Crippen molar-refractivity contribution in [1.82, 2.24) is 4.90 Å². The average Bonchev–Trinajstić information content (AvgIpc) is 2.64. The summed E-state index contributed by atoms with van der Waals surface area (Å²) in [7, 11) is 0. The number of primary amides is 1. The van der Waals surface area contributed by atoms with E-state index >= 15 is 0 Å². The lowest BCUT2D eigenvalue weighted by Gasteiger charge is -2.34. The Morgan fingerprint density at radius 1 is 1.43 bits per heavy atom. The van der Waals surface area contributed by atoms with Crippen molar-refractivity contribution in [3.8, 4) is 0 Å². The van der Waals surface area contributed by atoms with Crippen LogP contribution in [0.1, 0.15) is 37.7 Å². The SMILES string of the molecule is NC(=O)COCCCCN1C(=O)CCC[C@@H]1C=CC(O)Cc1cccc(Cl)c1. The van der Waals surface area contributed by atoms with Crippen LogP contribution in [0.25, 0.3) is 0 Å². The first kappa shape index (κ1) is 22.4. The van der Waals surface area contributed by atoms with E-state index < -0.39 is 12.0 Å². The van der Waals surface area contributed by atoms with Gasteiger partial charge in [-0.05, 0) is 43.4 Å². The van der Waals surface area contributed by atoms with Crippen LogP contribution in [0.3, 0.4) is 0 Å². The molecule has 28 heavy (non-hydrogen) atoms. The number of aliphatic hydroxyl groups excluding tert-OH is 1. The largest absolute Gasteiger partial charge is 0.389 e. The van der Waals surface area contributed by atoms with Gasteiger partial charge in [0.1, 0.15) is 6.61 Å². The Morgan fingerprint density at radius 3 is 3.00 bits per heavy atom. The zero-order valence-electron chi connectivity index (χ0n) is 16.1. The second-order valence-electron chi connectivity index (χ2n) is 7.06. The first-order valence-corrected chi connectivity index (χ1v) is 10.1. The molecule has 2 rings (SSSR count). The van der Waals surface area contributed by atoms with Gasteiger partial charge in [-0.15, -0.1) is 0 Å². The fourth-order valence-corrected chi connectivity index (χ4v) is 3.54. The molecule has 7 heteroatoms. The van der Waals surface area contributed by atoms with E-state index in [1.165, 1.54) is 0 Å². The number of hydrogen-bond acceptors (Lipinski definition) is 4. The molecule has 1 heterocycles. The molecule has 1 aromatic carbocycles. The number of carbonyl (C=O) groups excluding carboxylic acids is 2. The van der Waals surface area contributed by atoms with Gasteiger partial charge in [0.15, 0.2) is 0 Å². The van der Waals surface area contributed by atoms with Crippen molar-refractivity contribution >= 4 is 23.4 Å². The van der Waals surface area contributed by atoms with E-state index in [1.54, 1.807) is 12.1 Å². The molecule has 0 aromatic heterocycles. The summed E-state index contributed by atoms with van der Waals surface area (Å²) in [5.41, 5.74) is 5.99. The summed E-state index contributed by atoms with van der Waals surface area (Å²) in [5.74, 6) is -0.337. The molecule has 1 aromatic rings. The topological polar surface area (TPSA) is 92.9 Å². The molecule has 0 saturated carbocycles. The Bertz CT molecular complexity index is 680. The van der Waals surface area contributed by atoms with E-state index in [9.17, 15) is 14.7 Å². The van der Waals surface area contributed by atoms with Crippen LogP contribution in [0.15, 0.2) is 36.4 Å². The van der Waals surface area contributed by atoms with E-state index in [4.69, 9.17) is 22.1 Å².